The lowest BCUT2D eigenvalue weighted by Crippen LogP contribution is -2.45. The topological polar surface area (TPSA) is 96.7 Å². The Kier molecular flexibility index (Phi) is 9.81. The highest BCUT2D eigenvalue weighted by Crippen LogP contribution is 2.31. The van der Waals surface area contributed by atoms with Crippen molar-refractivity contribution in [3.05, 3.63) is 33.3 Å². The molecule has 0 aromatic carbocycles. The average molecular weight is 488 g/mol. The number of aryl methyl sites for hydroxylation is 1. The summed E-state index contributed by atoms with van der Waals surface area (Å²) in [5.74, 6) is 4.09. The summed E-state index contributed by atoms with van der Waals surface area (Å²) in [7, 11) is 0. The lowest BCUT2D eigenvalue weighted by Gasteiger charge is -2.33. The fraction of sp³-hybridized carbons (Fsp3) is 0.593. The Morgan fingerprint density at radius 2 is 1.94 bits per heavy atom. The zero-order valence-corrected chi connectivity index (χ0v) is 22.0. The molecule has 5 atom stereocenters. The van der Waals surface area contributed by atoms with E-state index in [2.05, 4.69) is 16.8 Å². The van der Waals surface area contributed by atoms with Gasteiger partial charge in [-0.25, -0.2) is 4.98 Å². The van der Waals surface area contributed by atoms with Crippen LogP contribution in [0.25, 0.3) is 6.08 Å². The highest BCUT2D eigenvalue weighted by atomic mass is 32.1. The summed E-state index contributed by atoms with van der Waals surface area (Å²) in [6.45, 7) is 12.4. The Labute approximate surface area is 207 Å². The first-order chi connectivity index (χ1) is 15.8. The molecular formula is C27H37NO5S. The van der Waals surface area contributed by atoms with Gasteiger partial charge in [0.25, 0.3) is 0 Å². The van der Waals surface area contributed by atoms with Gasteiger partial charge < -0.3 is 14.9 Å². The molecule has 1 unspecified atom stereocenters. The van der Waals surface area contributed by atoms with Crippen molar-refractivity contribution < 1.29 is 24.5 Å². The molecule has 1 aromatic heterocycles. The molecule has 0 amide bonds. The molecule has 1 aliphatic heterocycles. The summed E-state index contributed by atoms with van der Waals surface area (Å²) in [5.41, 5.74) is 1.43. The van der Waals surface area contributed by atoms with Crippen molar-refractivity contribution in [3.8, 4) is 11.8 Å². The quantitative estimate of drug-likeness (QED) is 0.362. The number of hydrogen-bond donors (Lipinski definition) is 2. The van der Waals surface area contributed by atoms with Crippen molar-refractivity contribution in [1.82, 2.24) is 4.98 Å². The van der Waals surface area contributed by atoms with E-state index in [-0.39, 0.29) is 12.2 Å². The van der Waals surface area contributed by atoms with E-state index in [9.17, 15) is 19.8 Å². The van der Waals surface area contributed by atoms with Gasteiger partial charge in [-0.3, -0.25) is 9.59 Å². The maximum atomic E-state index is 13.1. The summed E-state index contributed by atoms with van der Waals surface area (Å²) in [6.07, 6.45) is 1.79. The van der Waals surface area contributed by atoms with Gasteiger partial charge in [0.1, 0.15) is 11.9 Å². The number of allylic oxidation sites excluding steroid dienone is 1. The van der Waals surface area contributed by atoms with Gasteiger partial charge in [-0.15, -0.1) is 11.3 Å². The van der Waals surface area contributed by atoms with Crippen LogP contribution in [0.1, 0.15) is 71.5 Å². The lowest BCUT2D eigenvalue weighted by molar-refractivity contribution is -0.154. The van der Waals surface area contributed by atoms with E-state index in [1.54, 1.807) is 39.0 Å². The van der Waals surface area contributed by atoms with E-state index in [0.717, 1.165) is 21.8 Å². The summed E-state index contributed by atoms with van der Waals surface area (Å²) in [4.78, 5) is 30.4. The molecule has 186 valence electrons. The lowest BCUT2D eigenvalue weighted by atomic mass is 9.73. The maximum absolute atomic E-state index is 13.1. The van der Waals surface area contributed by atoms with Gasteiger partial charge in [-0.1, -0.05) is 44.3 Å². The number of aromatic nitrogens is 1. The van der Waals surface area contributed by atoms with Crippen LogP contribution in [0.15, 0.2) is 22.6 Å². The fourth-order valence-corrected chi connectivity index (χ4v) is 4.45. The molecule has 1 aliphatic rings. The number of ketones is 1. The molecule has 2 rings (SSSR count). The summed E-state index contributed by atoms with van der Waals surface area (Å²) in [6, 6.07) is 0. The molecule has 0 saturated heterocycles. The summed E-state index contributed by atoms with van der Waals surface area (Å²) in [5, 5.41) is 24.4. The number of nitrogens with zero attached hydrogens (tertiary/aromatic N) is 1. The fourth-order valence-electron chi connectivity index (χ4n) is 3.88. The number of ether oxygens (including phenoxy) is 1. The predicted octanol–water partition coefficient (Wildman–Crippen LogP) is 4.49. The first-order valence-corrected chi connectivity index (χ1v) is 12.5. The number of thiazole rings is 1. The van der Waals surface area contributed by atoms with Gasteiger partial charge >= 0.3 is 5.97 Å². The van der Waals surface area contributed by atoms with Crippen LogP contribution >= 0.6 is 11.3 Å². The monoisotopic (exact) mass is 487 g/mol. The Balaban J connectivity index is 2.39. The first kappa shape index (κ1) is 28.0. The Morgan fingerprint density at radius 1 is 1.26 bits per heavy atom. The Hall–Kier alpha value is -2.27. The molecule has 0 saturated carbocycles. The van der Waals surface area contributed by atoms with Crippen molar-refractivity contribution in [2.75, 3.05) is 0 Å². The molecule has 34 heavy (non-hydrogen) atoms. The molecule has 6 nitrogen and oxygen atoms in total. The van der Waals surface area contributed by atoms with Gasteiger partial charge in [-0.05, 0) is 39.3 Å². The second-order valence-electron chi connectivity index (χ2n) is 9.82. The average Bonchev–Trinajstić information content (AvgIpc) is 3.18. The molecule has 0 radical (unpaired) electrons. The molecule has 1 aromatic rings. The third-order valence-electron chi connectivity index (χ3n) is 6.44. The molecular weight excluding hydrogens is 450 g/mol. The minimum Gasteiger partial charge on any atom is -0.457 e. The number of rotatable bonds is 2. The minimum absolute atomic E-state index is 0.316. The van der Waals surface area contributed by atoms with Crippen molar-refractivity contribution >= 4 is 29.2 Å². The van der Waals surface area contributed by atoms with Crippen LogP contribution in [0.2, 0.25) is 0 Å². The molecule has 0 spiro atoms. The number of aliphatic hydroxyl groups excluding tert-OH is 2. The van der Waals surface area contributed by atoms with E-state index < -0.39 is 41.5 Å². The second-order valence-corrected chi connectivity index (χ2v) is 10.9. The van der Waals surface area contributed by atoms with Crippen molar-refractivity contribution in [1.29, 1.82) is 0 Å². The third kappa shape index (κ3) is 7.36. The standard InChI is InChI=1S/C27H37NO5S/c1-16-9-8-10-17(2)25(31)19(4)26(32)27(6,7)23(29)14-24(30)33-22(12-11-16)18(3)13-21-15-34-20(5)28-21/h11,13,15,17,19,22-23,25,29,31H,9,12,14H2,1-7H3/b16-11-,18-13+/t17-,19+,22-,23-,25?/m0/s1. The SMILES string of the molecule is C/C1=C/C[C@@H](/C(C)=C/c2csc(C)n2)OC(=O)C[C@H](O)C(C)(C)C(=O)[C@H](C)C(O)[C@@H](C)C#CC1. The number of carbonyl (C=O) groups is 2. The van der Waals surface area contributed by atoms with Crippen LogP contribution in [0.5, 0.6) is 0 Å². The van der Waals surface area contributed by atoms with Gasteiger partial charge in [-0.2, -0.15) is 0 Å². The molecule has 7 heteroatoms. The van der Waals surface area contributed by atoms with E-state index >= 15 is 0 Å². The Bertz CT molecular complexity index is 1010. The predicted molar refractivity (Wildman–Crippen MR) is 135 cm³/mol. The summed E-state index contributed by atoms with van der Waals surface area (Å²) < 4.78 is 5.77. The smallest absolute Gasteiger partial charge is 0.309 e. The van der Waals surface area contributed by atoms with Crippen LogP contribution < -0.4 is 0 Å². The van der Waals surface area contributed by atoms with Crippen LogP contribution in [0.4, 0.5) is 0 Å². The third-order valence-corrected chi connectivity index (χ3v) is 7.23. The zero-order valence-electron chi connectivity index (χ0n) is 21.2. The number of carbonyl (C=O) groups excluding carboxylic acids is 2. The maximum Gasteiger partial charge on any atom is 0.309 e. The second kappa shape index (κ2) is 11.9. The van der Waals surface area contributed by atoms with Crippen LogP contribution in [0, 0.1) is 36.0 Å². The van der Waals surface area contributed by atoms with E-state index in [1.165, 1.54) is 0 Å². The van der Waals surface area contributed by atoms with Gasteiger partial charge in [0.15, 0.2) is 0 Å². The van der Waals surface area contributed by atoms with Crippen LogP contribution in [0.3, 0.4) is 0 Å². The van der Waals surface area contributed by atoms with E-state index in [4.69, 9.17) is 4.74 Å². The van der Waals surface area contributed by atoms with Gasteiger partial charge in [0, 0.05) is 30.1 Å². The highest BCUT2D eigenvalue weighted by Gasteiger charge is 2.42. The van der Waals surface area contributed by atoms with Crippen molar-refractivity contribution in [2.45, 2.75) is 86.0 Å². The number of cyclic esters (lactones) is 1. The number of hydrogen-bond acceptors (Lipinski definition) is 7. The van der Waals surface area contributed by atoms with E-state index in [1.807, 2.05) is 38.3 Å². The van der Waals surface area contributed by atoms with E-state index in [0.29, 0.717) is 12.8 Å². The molecule has 0 bridgehead atoms. The first-order valence-electron chi connectivity index (χ1n) is 11.7. The minimum atomic E-state index is -1.25. The van der Waals surface area contributed by atoms with Crippen molar-refractivity contribution in [3.63, 3.8) is 0 Å². The zero-order chi connectivity index (χ0) is 25.6. The molecule has 2 N–H and O–H groups in total. The molecule has 0 aliphatic carbocycles. The molecule has 0 fully saturated rings. The number of Topliss-reactive ketones (excluding diaryl/α,β-unsaturated/α-hetero) is 1. The Morgan fingerprint density at radius 3 is 2.56 bits per heavy atom. The number of aliphatic hydroxyl groups is 2. The normalized spacial score (nSPS) is 31.1. The van der Waals surface area contributed by atoms with Crippen molar-refractivity contribution in [2.24, 2.45) is 17.3 Å². The summed E-state index contributed by atoms with van der Waals surface area (Å²) >= 11 is 1.55. The van der Waals surface area contributed by atoms with Crippen LogP contribution in [-0.4, -0.2) is 45.3 Å². The van der Waals surface area contributed by atoms with Gasteiger partial charge in [0.2, 0.25) is 0 Å². The van der Waals surface area contributed by atoms with Crippen LogP contribution in [-0.2, 0) is 14.3 Å². The largest absolute Gasteiger partial charge is 0.457 e. The highest BCUT2D eigenvalue weighted by molar-refractivity contribution is 7.09. The molecule has 2 heterocycles. The number of esters is 1. The van der Waals surface area contributed by atoms with Gasteiger partial charge in [0.05, 0.1) is 34.7 Å².